The molecule has 27 heavy (non-hydrogen) atoms. The zero-order chi connectivity index (χ0) is 19.1. The standard InChI is InChI=1S/C21H24N2O3S/c24-21(15-19-11-12-27(25,26)16-19)23-22-20(13-17-7-3-1-4-8-17)14-18-9-5-2-6-10-18/h1-10,19H,11-16H2,(H,23,24)/t19-/m1/s1. The molecular formula is C21H24N2O3S. The van der Waals surface area contributed by atoms with Crippen molar-refractivity contribution in [1.29, 1.82) is 0 Å². The highest BCUT2D eigenvalue weighted by molar-refractivity contribution is 7.91. The lowest BCUT2D eigenvalue weighted by atomic mass is 10.0. The van der Waals surface area contributed by atoms with Crippen LogP contribution in [0.1, 0.15) is 24.0 Å². The van der Waals surface area contributed by atoms with Crippen molar-refractivity contribution in [3.63, 3.8) is 0 Å². The fourth-order valence-electron chi connectivity index (χ4n) is 3.29. The lowest BCUT2D eigenvalue weighted by Gasteiger charge is -2.10. The van der Waals surface area contributed by atoms with Gasteiger partial charge in [0, 0.05) is 25.0 Å². The molecule has 1 saturated heterocycles. The number of nitrogens with zero attached hydrogens (tertiary/aromatic N) is 1. The summed E-state index contributed by atoms with van der Waals surface area (Å²) in [5.41, 5.74) is 5.75. The lowest BCUT2D eigenvalue weighted by molar-refractivity contribution is -0.121. The zero-order valence-corrected chi connectivity index (χ0v) is 16.0. The Balaban J connectivity index is 1.64. The van der Waals surface area contributed by atoms with Crippen LogP contribution in [0.15, 0.2) is 65.8 Å². The first-order chi connectivity index (χ1) is 13.0. The molecule has 1 atom stereocenters. The minimum atomic E-state index is -2.97. The molecule has 0 bridgehead atoms. The molecule has 1 N–H and O–H groups in total. The van der Waals surface area contributed by atoms with Gasteiger partial charge in [-0.05, 0) is 23.5 Å². The predicted molar refractivity (Wildman–Crippen MR) is 107 cm³/mol. The summed E-state index contributed by atoms with van der Waals surface area (Å²) in [5.74, 6) is -0.0421. The van der Waals surface area contributed by atoms with Crippen molar-refractivity contribution in [2.45, 2.75) is 25.7 Å². The van der Waals surface area contributed by atoms with Crippen LogP contribution in [0, 0.1) is 5.92 Å². The molecule has 3 rings (SSSR count). The van der Waals surface area contributed by atoms with E-state index in [-0.39, 0.29) is 29.8 Å². The van der Waals surface area contributed by atoms with E-state index in [0.29, 0.717) is 19.3 Å². The van der Waals surface area contributed by atoms with Gasteiger partial charge < -0.3 is 0 Å². The van der Waals surface area contributed by atoms with Gasteiger partial charge in [0.1, 0.15) is 0 Å². The molecule has 0 radical (unpaired) electrons. The Labute approximate surface area is 160 Å². The molecule has 1 heterocycles. The number of hydrogen-bond acceptors (Lipinski definition) is 4. The summed E-state index contributed by atoms with van der Waals surface area (Å²) in [6, 6.07) is 20.0. The number of hydrogen-bond donors (Lipinski definition) is 1. The third-order valence-corrected chi connectivity index (χ3v) is 6.48. The molecule has 0 aromatic heterocycles. The first kappa shape index (κ1) is 19.3. The van der Waals surface area contributed by atoms with Crippen LogP contribution in [-0.4, -0.2) is 31.5 Å². The third kappa shape index (κ3) is 6.32. The van der Waals surface area contributed by atoms with E-state index >= 15 is 0 Å². The molecule has 1 amide bonds. The van der Waals surface area contributed by atoms with Gasteiger partial charge in [-0.1, -0.05) is 60.7 Å². The highest BCUT2D eigenvalue weighted by Crippen LogP contribution is 2.21. The summed E-state index contributed by atoms with van der Waals surface area (Å²) < 4.78 is 23.1. The Bertz CT molecular complexity index is 850. The van der Waals surface area contributed by atoms with Gasteiger partial charge >= 0.3 is 0 Å². The summed E-state index contributed by atoms with van der Waals surface area (Å²) in [6.45, 7) is 0. The van der Waals surface area contributed by atoms with E-state index in [9.17, 15) is 13.2 Å². The van der Waals surface area contributed by atoms with Crippen molar-refractivity contribution in [3.8, 4) is 0 Å². The Hall–Kier alpha value is -2.47. The first-order valence-electron chi connectivity index (χ1n) is 9.13. The van der Waals surface area contributed by atoms with E-state index in [1.807, 2.05) is 60.7 Å². The molecule has 0 spiro atoms. The number of rotatable bonds is 7. The van der Waals surface area contributed by atoms with Crippen molar-refractivity contribution < 1.29 is 13.2 Å². The summed E-state index contributed by atoms with van der Waals surface area (Å²) >= 11 is 0. The molecule has 1 aliphatic heterocycles. The SMILES string of the molecule is O=C(C[C@H]1CCS(=O)(=O)C1)NN=C(Cc1ccccc1)Cc1ccccc1. The number of sulfone groups is 1. The number of hydrazone groups is 1. The fourth-order valence-corrected chi connectivity index (χ4v) is 5.15. The quantitative estimate of drug-likeness (QED) is 0.589. The number of carbonyl (C=O) groups excluding carboxylic acids is 1. The normalized spacial score (nSPS) is 18.0. The molecule has 1 aliphatic rings. The zero-order valence-electron chi connectivity index (χ0n) is 15.2. The molecule has 2 aromatic rings. The van der Waals surface area contributed by atoms with Gasteiger partial charge in [0.15, 0.2) is 9.84 Å². The summed E-state index contributed by atoms with van der Waals surface area (Å²) in [7, 11) is -2.97. The summed E-state index contributed by atoms with van der Waals surface area (Å²) in [4.78, 5) is 12.2. The Morgan fingerprint density at radius 3 is 2.00 bits per heavy atom. The van der Waals surface area contributed by atoms with Crippen LogP contribution in [0.2, 0.25) is 0 Å². The second-order valence-electron chi connectivity index (χ2n) is 7.01. The minimum Gasteiger partial charge on any atom is -0.273 e. The van der Waals surface area contributed by atoms with Crippen molar-refractivity contribution in [2.24, 2.45) is 11.0 Å². The number of nitrogens with one attached hydrogen (secondary N) is 1. The van der Waals surface area contributed by atoms with Gasteiger partial charge in [0.25, 0.3) is 0 Å². The monoisotopic (exact) mass is 384 g/mol. The van der Waals surface area contributed by atoms with Crippen LogP contribution in [0.25, 0.3) is 0 Å². The smallest absolute Gasteiger partial charge is 0.240 e. The maximum absolute atomic E-state index is 12.2. The van der Waals surface area contributed by atoms with Gasteiger partial charge in [-0.2, -0.15) is 5.10 Å². The van der Waals surface area contributed by atoms with E-state index in [1.165, 1.54) is 0 Å². The first-order valence-corrected chi connectivity index (χ1v) is 10.9. The maximum Gasteiger partial charge on any atom is 0.240 e. The topological polar surface area (TPSA) is 75.6 Å². The molecule has 142 valence electrons. The molecule has 0 saturated carbocycles. The predicted octanol–water partition coefficient (Wildman–Crippen LogP) is 2.77. The lowest BCUT2D eigenvalue weighted by Crippen LogP contribution is -2.24. The van der Waals surface area contributed by atoms with Gasteiger partial charge in [0.05, 0.1) is 11.5 Å². The van der Waals surface area contributed by atoms with Crippen molar-refractivity contribution >= 4 is 21.5 Å². The second-order valence-corrected chi connectivity index (χ2v) is 9.24. The molecule has 0 unspecified atom stereocenters. The van der Waals surface area contributed by atoms with E-state index in [4.69, 9.17) is 0 Å². The van der Waals surface area contributed by atoms with Gasteiger partial charge in [-0.3, -0.25) is 4.79 Å². The average molecular weight is 385 g/mol. The van der Waals surface area contributed by atoms with Crippen LogP contribution in [0.4, 0.5) is 0 Å². The van der Waals surface area contributed by atoms with Crippen LogP contribution >= 0.6 is 0 Å². The number of benzene rings is 2. The van der Waals surface area contributed by atoms with Crippen molar-refractivity contribution in [3.05, 3.63) is 71.8 Å². The molecular weight excluding hydrogens is 360 g/mol. The summed E-state index contributed by atoms with van der Waals surface area (Å²) in [6.07, 6.45) is 2.05. The largest absolute Gasteiger partial charge is 0.273 e. The van der Waals surface area contributed by atoms with Crippen LogP contribution in [0.3, 0.4) is 0 Å². The average Bonchev–Trinajstić information content (AvgIpc) is 3.00. The van der Waals surface area contributed by atoms with Gasteiger partial charge in [-0.15, -0.1) is 0 Å². The molecule has 2 aromatic carbocycles. The molecule has 5 nitrogen and oxygen atoms in total. The minimum absolute atomic E-state index is 0.100. The number of carbonyl (C=O) groups is 1. The van der Waals surface area contributed by atoms with Crippen LogP contribution < -0.4 is 5.43 Å². The Morgan fingerprint density at radius 1 is 0.963 bits per heavy atom. The highest BCUT2D eigenvalue weighted by Gasteiger charge is 2.29. The van der Waals surface area contributed by atoms with Crippen LogP contribution in [0.5, 0.6) is 0 Å². The van der Waals surface area contributed by atoms with Crippen LogP contribution in [-0.2, 0) is 27.5 Å². The maximum atomic E-state index is 12.2. The third-order valence-electron chi connectivity index (χ3n) is 4.64. The summed E-state index contributed by atoms with van der Waals surface area (Å²) in [5, 5.41) is 4.36. The molecule has 1 fully saturated rings. The van der Waals surface area contributed by atoms with E-state index < -0.39 is 9.84 Å². The van der Waals surface area contributed by atoms with Gasteiger partial charge in [0.2, 0.25) is 5.91 Å². The highest BCUT2D eigenvalue weighted by atomic mass is 32.2. The number of amides is 1. The Morgan fingerprint density at radius 2 is 1.52 bits per heavy atom. The van der Waals surface area contributed by atoms with Crippen molar-refractivity contribution in [1.82, 2.24) is 5.43 Å². The fraction of sp³-hybridized carbons (Fsp3) is 0.333. The van der Waals surface area contributed by atoms with E-state index in [1.54, 1.807) is 0 Å². The second kappa shape index (κ2) is 8.95. The van der Waals surface area contributed by atoms with E-state index in [0.717, 1.165) is 16.8 Å². The molecule has 0 aliphatic carbocycles. The van der Waals surface area contributed by atoms with Gasteiger partial charge in [-0.25, -0.2) is 13.8 Å². The van der Waals surface area contributed by atoms with Crippen molar-refractivity contribution in [2.75, 3.05) is 11.5 Å². The van der Waals surface area contributed by atoms with E-state index in [2.05, 4.69) is 10.5 Å². The Kier molecular flexibility index (Phi) is 6.40. The molecule has 6 heteroatoms.